The third-order valence-corrected chi connectivity index (χ3v) is 4.08. The Kier molecular flexibility index (Phi) is 6.12. The Morgan fingerprint density at radius 3 is 2.95 bits per heavy atom. The monoisotopic (exact) mass is 283 g/mol. The molecule has 7 heteroatoms. The fourth-order valence-electron chi connectivity index (χ4n) is 1.66. The zero-order valence-electron chi connectivity index (χ0n) is 11.7. The first-order chi connectivity index (χ1) is 9.06. The van der Waals surface area contributed by atoms with Gasteiger partial charge in [-0.1, -0.05) is 18.7 Å². The molecule has 0 aliphatic rings. The van der Waals surface area contributed by atoms with Crippen LogP contribution in [0.3, 0.4) is 0 Å². The molecule has 0 aromatic carbocycles. The first-order valence-electron chi connectivity index (χ1n) is 6.44. The SMILES string of the molecule is CCCn1c(SCCCC(C)(C#N)NC)n[nH]c1=O. The molecule has 106 valence electrons. The number of hydrogen-bond acceptors (Lipinski definition) is 5. The lowest BCUT2D eigenvalue weighted by atomic mass is 9.99. The zero-order valence-corrected chi connectivity index (χ0v) is 12.5. The Labute approximate surface area is 117 Å². The Balaban J connectivity index is 2.46. The Bertz CT molecular complexity index is 489. The lowest BCUT2D eigenvalue weighted by Crippen LogP contribution is -2.37. The fraction of sp³-hybridized carbons (Fsp3) is 0.750. The third kappa shape index (κ3) is 4.40. The highest BCUT2D eigenvalue weighted by atomic mass is 32.2. The average molecular weight is 283 g/mol. The van der Waals surface area contributed by atoms with Gasteiger partial charge in [0.2, 0.25) is 0 Å². The largest absolute Gasteiger partial charge is 0.343 e. The summed E-state index contributed by atoms with van der Waals surface area (Å²) >= 11 is 1.55. The van der Waals surface area contributed by atoms with E-state index in [2.05, 4.69) is 21.6 Å². The van der Waals surface area contributed by atoms with E-state index < -0.39 is 5.54 Å². The highest BCUT2D eigenvalue weighted by Gasteiger charge is 2.20. The molecular formula is C12H21N5OS. The number of nitriles is 1. The number of thioether (sulfide) groups is 1. The molecule has 0 saturated carbocycles. The van der Waals surface area contributed by atoms with Crippen molar-refractivity contribution < 1.29 is 0 Å². The topological polar surface area (TPSA) is 86.5 Å². The Hall–Kier alpha value is -1.26. The summed E-state index contributed by atoms with van der Waals surface area (Å²) in [5.41, 5.74) is -0.628. The fourth-order valence-corrected chi connectivity index (χ4v) is 2.57. The minimum Gasteiger partial charge on any atom is -0.303 e. The van der Waals surface area contributed by atoms with Gasteiger partial charge in [-0.3, -0.25) is 4.57 Å². The lowest BCUT2D eigenvalue weighted by molar-refractivity contribution is 0.451. The Morgan fingerprint density at radius 1 is 1.63 bits per heavy atom. The summed E-state index contributed by atoms with van der Waals surface area (Å²) in [4.78, 5) is 11.5. The van der Waals surface area contributed by atoms with E-state index in [0.29, 0.717) is 6.54 Å². The molecule has 6 nitrogen and oxygen atoms in total. The summed E-state index contributed by atoms with van der Waals surface area (Å²) in [6, 6.07) is 2.27. The van der Waals surface area contributed by atoms with Gasteiger partial charge in [-0.05, 0) is 33.2 Å². The summed E-state index contributed by atoms with van der Waals surface area (Å²) in [5, 5.41) is 19.3. The van der Waals surface area contributed by atoms with Crippen molar-refractivity contribution >= 4 is 11.8 Å². The van der Waals surface area contributed by atoms with Gasteiger partial charge < -0.3 is 5.32 Å². The van der Waals surface area contributed by atoms with Crippen LogP contribution in [0.5, 0.6) is 0 Å². The highest BCUT2D eigenvalue weighted by molar-refractivity contribution is 7.99. The van der Waals surface area contributed by atoms with Gasteiger partial charge in [0.1, 0.15) is 5.54 Å². The number of nitrogens with one attached hydrogen (secondary N) is 2. The van der Waals surface area contributed by atoms with Crippen LogP contribution in [0.2, 0.25) is 0 Å². The zero-order chi connectivity index (χ0) is 14.3. The van der Waals surface area contributed by atoms with E-state index in [-0.39, 0.29) is 5.69 Å². The predicted molar refractivity (Wildman–Crippen MR) is 76.2 cm³/mol. The number of aromatic amines is 1. The van der Waals surface area contributed by atoms with Crippen molar-refractivity contribution in [3.63, 3.8) is 0 Å². The maximum absolute atomic E-state index is 11.5. The van der Waals surface area contributed by atoms with Gasteiger partial charge in [0, 0.05) is 12.3 Å². The van der Waals surface area contributed by atoms with E-state index in [0.717, 1.165) is 30.2 Å². The van der Waals surface area contributed by atoms with Crippen LogP contribution in [-0.2, 0) is 6.54 Å². The van der Waals surface area contributed by atoms with Crippen molar-refractivity contribution in [2.45, 2.75) is 50.4 Å². The van der Waals surface area contributed by atoms with Crippen LogP contribution < -0.4 is 11.0 Å². The molecular weight excluding hydrogens is 262 g/mol. The summed E-state index contributed by atoms with van der Waals surface area (Å²) in [5.74, 6) is 0.840. The van der Waals surface area contributed by atoms with Gasteiger partial charge in [0.05, 0.1) is 6.07 Å². The van der Waals surface area contributed by atoms with Gasteiger partial charge in [0.25, 0.3) is 0 Å². The van der Waals surface area contributed by atoms with Crippen LogP contribution in [0.15, 0.2) is 9.95 Å². The van der Waals surface area contributed by atoms with Crippen molar-refractivity contribution in [1.29, 1.82) is 5.26 Å². The second-order valence-electron chi connectivity index (χ2n) is 4.61. The van der Waals surface area contributed by atoms with Crippen LogP contribution in [-0.4, -0.2) is 33.1 Å². The molecule has 0 spiro atoms. The molecule has 1 unspecified atom stereocenters. The standard InChI is InChI=1S/C12H21N5OS/c1-4-7-17-10(18)15-16-11(17)19-8-5-6-12(2,9-13)14-3/h14H,4-8H2,1-3H3,(H,15,18). The van der Waals surface area contributed by atoms with E-state index >= 15 is 0 Å². The van der Waals surface area contributed by atoms with Gasteiger partial charge in [-0.2, -0.15) is 5.26 Å². The normalized spacial score (nSPS) is 14.0. The molecule has 1 aromatic rings. The molecule has 0 bridgehead atoms. The predicted octanol–water partition coefficient (Wildman–Crippen LogP) is 1.36. The number of H-pyrrole nitrogens is 1. The summed E-state index contributed by atoms with van der Waals surface area (Å²) < 4.78 is 1.66. The highest BCUT2D eigenvalue weighted by Crippen LogP contribution is 2.18. The molecule has 19 heavy (non-hydrogen) atoms. The molecule has 0 aliphatic heterocycles. The van der Waals surface area contributed by atoms with Gasteiger partial charge in [-0.15, -0.1) is 5.10 Å². The van der Waals surface area contributed by atoms with Gasteiger partial charge in [0.15, 0.2) is 5.16 Å². The summed E-state index contributed by atoms with van der Waals surface area (Å²) in [7, 11) is 1.79. The van der Waals surface area contributed by atoms with Crippen LogP contribution in [0.25, 0.3) is 0 Å². The molecule has 1 heterocycles. The van der Waals surface area contributed by atoms with E-state index in [4.69, 9.17) is 5.26 Å². The molecule has 1 aromatic heterocycles. The smallest absolute Gasteiger partial charge is 0.303 e. The Morgan fingerprint density at radius 2 is 2.37 bits per heavy atom. The molecule has 0 saturated heterocycles. The van der Waals surface area contributed by atoms with Crippen LogP contribution in [0.1, 0.15) is 33.1 Å². The van der Waals surface area contributed by atoms with Gasteiger partial charge >= 0.3 is 5.69 Å². The minimum absolute atomic E-state index is 0.151. The second kappa shape index (κ2) is 7.36. The third-order valence-electron chi connectivity index (χ3n) is 3.02. The maximum atomic E-state index is 11.5. The number of aromatic nitrogens is 3. The number of nitrogens with zero attached hydrogens (tertiary/aromatic N) is 3. The van der Waals surface area contributed by atoms with E-state index in [9.17, 15) is 4.79 Å². The number of rotatable bonds is 8. The van der Waals surface area contributed by atoms with Gasteiger partial charge in [-0.25, -0.2) is 9.89 Å². The molecule has 1 rings (SSSR count). The molecule has 0 aliphatic carbocycles. The van der Waals surface area contributed by atoms with Crippen molar-refractivity contribution in [3.05, 3.63) is 10.5 Å². The summed E-state index contributed by atoms with van der Waals surface area (Å²) in [6.45, 7) is 4.60. The quantitative estimate of drug-likeness (QED) is 0.555. The lowest BCUT2D eigenvalue weighted by Gasteiger charge is -2.19. The van der Waals surface area contributed by atoms with Crippen molar-refractivity contribution in [3.8, 4) is 6.07 Å². The molecule has 2 N–H and O–H groups in total. The average Bonchev–Trinajstić information content (AvgIpc) is 2.76. The minimum atomic E-state index is -0.477. The van der Waals surface area contributed by atoms with Crippen molar-refractivity contribution in [1.82, 2.24) is 20.1 Å². The molecule has 0 fully saturated rings. The van der Waals surface area contributed by atoms with Crippen molar-refractivity contribution in [2.75, 3.05) is 12.8 Å². The summed E-state index contributed by atoms with van der Waals surface area (Å²) in [6.07, 6.45) is 2.57. The first-order valence-corrected chi connectivity index (χ1v) is 7.43. The van der Waals surface area contributed by atoms with Crippen LogP contribution >= 0.6 is 11.8 Å². The molecule has 1 atom stereocenters. The van der Waals surface area contributed by atoms with E-state index in [1.54, 1.807) is 23.4 Å². The van der Waals surface area contributed by atoms with Crippen LogP contribution in [0.4, 0.5) is 0 Å². The van der Waals surface area contributed by atoms with E-state index in [1.807, 2.05) is 13.8 Å². The van der Waals surface area contributed by atoms with Crippen LogP contribution in [0, 0.1) is 11.3 Å². The van der Waals surface area contributed by atoms with E-state index in [1.165, 1.54) is 0 Å². The maximum Gasteiger partial charge on any atom is 0.343 e. The second-order valence-corrected chi connectivity index (χ2v) is 5.67. The first kappa shape index (κ1) is 15.8. The molecule has 0 amide bonds. The van der Waals surface area contributed by atoms with Crippen molar-refractivity contribution in [2.24, 2.45) is 0 Å². The number of hydrogen-bond donors (Lipinski definition) is 2. The molecule has 0 radical (unpaired) electrons.